The van der Waals surface area contributed by atoms with E-state index in [-0.39, 0.29) is 11.8 Å². The maximum absolute atomic E-state index is 12.8. The van der Waals surface area contributed by atoms with E-state index in [0.717, 1.165) is 17.7 Å². The zero-order valence-electron chi connectivity index (χ0n) is 14.9. The molecule has 0 spiro atoms. The molecule has 136 valence electrons. The van der Waals surface area contributed by atoms with Gasteiger partial charge in [0.1, 0.15) is 0 Å². The summed E-state index contributed by atoms with van der Waals surface area (Å²) in [6.07, 6.45) is 0. The highest BCUT2D eigenvalue weighted by Gasteiger charge is 2.32. The third-order valence-electron chi connectivity index (χ3n) is 4.69. The molecule has 0 aliphatic carbocycles. The Bertz CT molecular complexity index is 874. The summed E-state index contributed by atoms with van der Waals surface area (Å²) in [5, 5.41) is 8.87. The Morgan fingerprint density at radius 1 is 1.04 bits per heavy atom. The molecule has 0 unspecified atom stereocenters. The molecule has 5 nitrogen and oxygen atoms in total. The topological polar surface area (TPSA) is 64.4 Å². The quantitative estimate of drug-likeness (QED) is 0.813. The van der Waals surface area contributed by atoms with E-state index < -0.39 is 10.0 Å². The van der Waals surface area contributed by atoms with Gasteiger partial charge in [0.2, 0.25) is 10.0 Å². The van der Waals surface area contributed by atoms with Gasteiger partial charge in [-0.3, -0.25) is 4.90 Å². The third kappa shape index (κ3) is 4.50. The van der Waals surface area contributed by atoms with Gasteiger partial charge in [0.15, 0.2) is 0 Å². The average Bonchev–Trinajstić information content (AvgIpc) is 2.62. The molecule has 1 saturated heterocycles. The first-order valence-electron chi connectivity index (χ1n) is 8.73. The molecule has 26 heavy (non-hydrogen) atoms. The Hall–Kier alpha value is -2.20. The van der Waals surface area contributed by atoms with Gasteiger partial charge in [-0.05, 0) is 30.2 Å². The number of piperazine rings is 1. The van der Waals surface area contributed by atoms with Gasteiger partial charge in [0, 0.05) is 32.2 Å². The van der Waals surface area contributed by atoms with E-state index in [1.54, 1.807) is 4.31 Å². The molecule has 6 heteroatoms. The number of rotatable bonds is 5. The van der Waals surface area contributed by atoms with Crippen LogP contribution in [0.1, 0.15) is 23.6 Å². The van der Waals surface area contributed by atoms with E-state index in [2.05, 4.69) is 11.0 Å². The standard InChI is InChI=1S/C20H23N3O2S/c1-17-14-22(15-19-9-7-18(13-21)8-10-19)11-12-23(17)26(24,25)16-20-5-3-2-4-6-20/h2-10,17H,11-12,14-16H2,1H3/t17-/m0/s1. The monoisotopic (exact) mass is 369 g/mol. The van der Waals surface area contributed by atoms with Crippen LogP contribution in [0.15, 0.2) is 54.6 Å². The van der Waals surface area contributed by atoms with Gasteiger partial charge in [-0.15, -0.1) is 0 Å². The fourth-order valence-corrected chi connectivity index (χ4v) is 5.14. The third-order valence-corrected chi connectivity index (χ3v) is 6.64. The molecule has 1 fully saturated rings. The van der Waals surface area contributed by atoms with Gasteiger partial charge in [0.25, 0.3) is 0 Å². The van der Waals surface area contributed by atoms with Gasteiger partial charge in [-0.2, -0.15) is 9.57 Å². The molecule has 0 amide bonds. The molecule has 1 aliphatic rings. The van der Waals surface area contributed by atoms with Gasteiger partial charge >= 0.3 is 0 Å². The van der Waals surface area contributed by atoms with Crippen LogP contribution >= 0.6 is 0 Å². The van der Waals surface area contributed by atoms with Gasteiger partial charge in [-0.25, -0.2) is 8.42 Å². The molecule has 0 N–H and O–H groups in total. The summed E-state index contributed by atoms with van der Waals surface area (Å²) in [5.41, 5.74) is 2.61. The van der Waals surface area contributed by atoms with E-state index in [1.165, 1.54) is 0 Å². The molecule has 2 aromatic rings. The van der Waals surface area contributed by atoms with Crippen LogP contribution in [-0.4, -0.2) is 43.3 Å². The van der Waals surface area contributed by atoms with Crippen LogP contribution in [0.4, 0.5) is 0 Å². The van der Waals surface area contributed by atoms with E-state index in [4.69, 9.17) is 5.26 Å². The number of hydrogen-bond acceptors (Lipinski definition) is 4. The Balaban J connectivity index is 1.61. The second-order valence-corrected chi connectivity index (χ2v) is 8.67. The van der Waals surface area contributed by atoms with Crippen LogP contribution in [-0.2, 0) is 22.3 Å². The van der Waals surface area contributed by atoms with Crippen LogP contribution in [0.25, 0.3) is 0 Å². The Morgan fingerprint density at radius 2 is 1.73 bits per heavy atom. The maximum atomic E-state index is 12.8. The summed E-state index contributed by atoms with van der Waals surface area (Å²) in [6, 6.07) is 18.9. The van der Waals surface area contributed by atoms with Crippen LogP contribution < -0.4 is 0 Å². The SMILES string of the molecule is C[C@H]1CN(Cc2ccc(C#N)cc2)CCN1S(=O)(=O)Cc1ccccc1. The predicted octanol–water partition coefficient (Wildman–Crippen LogP) is 2.59. The van der Waals surface area contributed by atoms with E-state index in [1.807, 2.05) is 61.5 Å². The lowest BCUT2D eigenvalue weighted by Crippen LogP contribution is -2.53. The summed E-state index contributed by atoms with van der Waals surface area (Å²) in [7, 11) is -3.32. The zero-order chi connectivity index (χ0) is 18.6. The molecule has 0 saturated carbocycles. The van der Waals surface area contributed by atoms with Crippen LogP contribution in [0.3, 0.4) is 0 Å². The first kappa shape index (κ1) is 18.6. The molecule has 1 atom stereocenters. The average molecular weight is 369 g/mol. The van der Waals surface area contributed by atoms with Crippen LogP contribution in [0.5, 0.6) is 0 Å². The number of sulfonamides is 1. The van der Waals surface area contributed by atoms with Crippen molar-refractivity contribution >= 4 is 10.0 Å². The van der Waals surface area contributed by atoms with Gasteiger partial charge in [0.05, 0.1) is 17.4 Å². The second-order valence-electron chi connectivity index (χ2n) is 6.75. The van der Waals surface area contributed by atoms with Crippen molar-refractivity contribution in [1.29, 1.82) is 5.26 Å². The molecular formula is C20H23N3O2S. The highest BCUT2D eigenvalue weighted by molar-refractivity contribution is 7.88. The number of nitrogens with zero attached hydrogens (tertiary/aromatic N) is 3. The summed E-state index contributed by atoms with van der Waals surface area (Å²) in [6.45, 7) is 4.65. The summed E-state index contributed by atoms with van der Waals surface area (Å²) in [5.74, 6) is 0.0494. The van der Waals surface area contributed by atoms with Crippen LogP contribution in [0.2, 0.25) is 0 Å². The van der Waals surface area contributed by atoms with Gasteiger partial charge in [-0.1, -0.05) is 42.5 Å². The number of hydrogen-bond donors (Lipinski definition) is 0. The maximum Gasteiger partial charge on any atom is 0.218 e. The molecule has 1 heterocycles. The van der Waals surface area contributed by atoms with Crippen molar-refractivity contribution in [3.63, 3.8) is 0 Å². The highest BCUT2D eigenvalue weighted by Crippen LogP contribution is 2.19. The van der Waals surface area contributed by atoms with Gasteiger partial charge < -0.3 is 0 Å². The molecule has 0 aromatic heterocycles. The minimum atomic E-state index is -3.32. The second kappa shape index (κ2) is 8.00. The zero-order valence-corrected chi connectivity index (χ0v) is 15.7. The molecule has 3 rings (SSSR count). The minimum Gasteiger partial charge on any atom is -0.296 e. The Labute approximate surface area is 155 Å². The lowest BCUT2D eigenvalue weighted by molar-refractivity contribution is 0.138. The summed E-state index contributed by atoms with van der Waals surface area (Å²) >= 11 is 0. The molecule has 0 radical (unpaired) electrons. The van der Waals surface area contributed by atoms with Crippen LogP contribution in [0, 0.1) is 11.3 Å². The Morgan fingerprint density at radius 3 is 2.35 bits per heavy atom. The fraction of sp³-hybridized carbons (Fsp3) is 0.350. The normalized spacial score (nSPS) is 19.2. The van der Waals surface area contributed by atoms with Crippen molar-refractivity contribution in [3.8, 4) is 6.07 Å². The lowest BCUT2D eigenvalue weighted by atomic mass is 10.1. The largest absolute Gasteiger partial charge is 0.296 e. The number of benzene rings is 2. The van der Waals surface area contributed by atoms with E-state index >= 15 is 0 Å². The van der Waals surface area contributed by atoms with Crippen molar-refractivity contribution in [3.05, 3.63) is 71.3 Å². The van der Waals surface area contributed by atoms with Crippen molar-refractivity contribution in [1.82, 2.24) is 9.21 Å². The molecule has 1 aliphatic heterocycles. The fourth-order valence-electron chi connectivity index (χ4n) is 3.38. The van der Waals surface area contributed by atoms with E-state index in [9.17, 15) is 8.42 Å². The van der Waals surface area contributed by atoms with Crippen molar-refractivity contribution < 1.29 is 8.42 Å². The molecular weight excluding hydrogens is 346 g/mol. The van der Waals surface area contributed by atoms with Crippen molar-refractivity contribution in [2.24, 2.45) is 0 Å². The Kier molecular flexibility index (Phi) is 5.72. The minimum absolute atomic E-state index is 0.0494. The van der Waals surface area contributed by atoms with Crippen molar-refractivity contribution in [2.75, 3.05) is 19.6 Å². The lowest BCUT2D eigenvalue weighted by Gasteiger charge is -2.39. The summed E-state index contributed by atoms with van der Waals surface area (Å²) in [4.78, 5) is 2.26. The highest BCUT2D eigenvalue weighted by atomic mass is 32.2. The smallest absolute Gasteiger partial charge is 0.218 e. The number of nitriles is 1. The van der Waals surface area contributed by atoms with E-state index in [0.29, 0.717) is 25.2 Å². The molecule has 2 aromatic carbocycles. The molecule has 0 bridgehead atoms. The first-order valence-corrected chi connectivity index (χ1v) is 10.3. The first-order chi connectivity index (χ1) is 12.5. The summed E-state index contributed by atoms with van der Waals surface area (Å²) < 4.78 is 27.2. The predicted molar refractivity (Wildman–Crippen MR) is 102 cm³/mol. The van der Waals surface area contributed by atoms with Crippen molar-refractivity contribution in [2.45, 2.75) is 25.3 Å².